The number of β-lactam (4-membered cyclic amide) rings is 1. The monoisotopic (exact) mass is 159 g/mol. The van der Waals surface area contributed by atoms with E-state index in [4.69, 9.17) is 5.73 Å². The van der Waals surface area contributed by atoms with Gasteiger partial charge in [-0.05, 0) is 0 Å². The zero-order valence-electron chi connectivity index (χ0n) is 6.09. The maximum absolute atomic E-state index is 11.6. The van der Waals surface area contributed by atoms with Crippen LogP contribution in [0.3, 0.4) is 0 Å². The molecule has 1 aliphatic rings. The number of aliphatic imine (C=N–C) groups is 1. The van der Waals surface area contributed by atoms with Gasteiger partial charge in [0.25, 0.3) is 0 Å². The highest BCUT2D eigenvalue weighted by atomic mass is 19.1. The van der Waals surface area contributed by atoms with Gasteiger partial charge in [-0.1, -0.05) is 0 Å². The lowest BCUT2D eigenvalue weighted by Crippen LogP contribution is -2.51. The molecule has 0 aliphatic carbocycles. The highest BCUT2D eigenvalue weighted by Gasteiger charge is 2.26. The quantitative estimate of drug-likeness (QED) is 0.335. The van der Waals surface area contributed by atoms with Crippen molar-refractivity contribution in [1.82, 2.24) is 4.90 Å². The Labute approximate surface area is 63.9 Å². The van der Waals surface area contributed by atoms with Crippen LogP contribution in [0.5, 0.6) is 0 Å². The van der Waals surface area contributed by atoms with Crippen molar-refractivity contribution in [2.24, 2.45) is 10.7 Å². The molecule has 0 radical (unpaired) electrons. The van der Waals surface area contributed by atoms with Crippen LogP contribution in [0.25, 0.3) is 0 Å². The van der Waals surface area contributed by atoms with Gasteiger partial charge >= 0.3 is 0 Å². The predicted molar refractivity (Wildman–Crippen MR) is 38.8 cm³/mol. The van der Waals surface area contributed by atoms with Crippen molar-refractivity contribution >= 4 is 11.9 Å². The Morgan fingerprint density at radius 2 is 2.55 bits per heavy atom. The molecule has 2 N–H and O–H groups in total. The number of carbonyl (C=O) groups is 1. The zero-order chi connectivity index (χ0) is 8.27. The summed E-state index contributed by atoms with van der Waals surface area (Å²) in [5.41, 5.74) is 5.34. The Bertz CT molecular complexity index is 192. The lowest BCUT2D eigenvalue weighted by molar-refractivity contribution is -0.134. The number of alkyl halides is 1. The molecule has 1 amide bonds. The summed E-state index contributed by atoms with van der Waals surface area (Å²) in [4.78, 5) is 15.7. The van der Waals surface area contributed by atoms with E-state index in [9.17, 15) is 9.18 Å². The summed E-state index contributed by atoms with van der Waals surface area (Å²) in [6.07, 6.45) is 0.520. The number of amides is 1. The minimum atomic E-state index is -0.539. The predicted octanol–water partition coefficient (Wildman–Crippen LogP) is -0.497. The smallest absolute Gasteiger partial charge is 0.231 e. The third-order valence-electron chi connectivity index (χ3n) is 1.49. The van der Waals surface area contributed by atoms with Gasteiger partial charge in [0.05, 0.1) is 6.54 Å². The van der Waals surface area contributed by atoms with E-state index < -0.39 is 6.67 Å². The molecule has 0 spiro atoms. The van der Waals surface area contributed by atoms with E-state index in [0.29, 0.717) is 13.0 Å². The zero-order valence-corrected chi connectivity index (χ0v) is 6.09. The molecular formula is C6H10FN3O. The Morgan fingerprint density at radius 3 is 2.91 bits per heavy atom. The molecule has 4 nitrogen and oxygen atoms in total. The second-order valence-electron chi connectivity index (χ2n) is 2.22. The van der Waals surface area contributed by atoms with E-state index in [0.717, 1.165) is 0 Å². The lowest BCUT2D eigenvalue weighted by atomic mass is 10.2. The topological polar surface area (TPSA) is 58.7 Å². The van der Waals surface area contributed by atoms with Gasteiger partial charge in [-0.2, -0.15) is 0 Å². The van der Waals surface area contributed by atoms with Crippen molar-refractivity contribution in [3.8, 4) is 0 Å². The van der Waals surface area contributed by atoms with Crippen LogP contribution in [0.1, 0.15) is 6.42 Å². The number of carbonyl (C=O) groups excluding carboxylic acids is 1. The van der Waals surface area contributed by atoms with Crippen molar-refractivity contribution in [1.29, 1.82) is 0 Å². The third-order valence-corrected chi connectivity index (χ3v) is 1.49. The molecule has 62 valence electrons. The van der Waals surface area contributed by atoms with Crippen molar-refractivity contribution in [3.05, 3.63) is 0 Å². The number of rotatable bonds is 2. The van der Waals surface area contributed by atoms with E-state index in [1.54, 1.807) is 0 Å². The first-order chi connectivity index (χ1) is 5.25. The molecule has 1 aliphatic heterocycles. The minimum absolute atomic E-state index is 0.0369. The summed E-state index contributed by atoms with van der Waals surface area (Å²) in [5.74, 6) is 0.101. The SMILES string of the molecule is NC(=NCCF)N1CCC1=O. The Hall–Kier alpha value is -1.13. The van der Waals surface area contributed by atoms with Crippen LogP contribution >= 0.6 is 0 Å². The number of nitrogens with two attached hydrogens (primary N) is 1. The van der Waals surface area contributed by atoms with Crippen molar-refractivity contribution in [2.75, 3.05) is 19.8 Å². The van der Waals surface area contributed by atoms with Crippen LogP contribution in [-0.2, 0) is 4.79 Å². The summed E-state index contributed by atoms with van der Waals surface area (Å²) in [7, 11) is 0. The Morgan fingerprint density at radius 1 is 1.82 bits per heavy atom. The molecule has 5 heteroatoms. The van der Waals surface area contributed by atoms with Crippen LogP contribution in [0, 0.1) is 0 Å². The van der Waals surface area contributed by atoms with Gasteiger partial charge in [0.15, 0.2) is 5.96 Å². The highest BCUT2D eigenvalue weighted by Crippen LogP contribution is 2.06. The van der Waals surface area contributed by atoms with Gasteiger partial charge in [-0.3, -0.25) is 14.7 Å². The van der Waals surface area contributed by atoms with E-state index >= 15 is 0 Å². The van der Waals surface area contributed by atoms with Gasteiger partial charge in [0.1, 0.15) is 6.67 Å². The fraction of sp³-hybridized carbons (Fsp3) is 0.667. The highest BCUT2D eigenvalue weighted by molar-refractivity contribution is 6.00. The molecule has 0 atom stereocenters. The van der Waals surface area contributed by atoms with E-state index in [2.05, 4.69) is 4.99 Å². The first kappa shape index (κ1) is 7.97. The molecule has 0 bridgehead atoms. The van der Waals surface area contributed by atoms with Crippen LogP contribution in [-0.4, -0.2) is 36.5 Å². The Kier molecular flexibility index (Phi) is 2.40. The molecule has 0 aromatic rings. The number of hydrogen-bond acceptors (Lipinski definition) is 2. The van der Waals surface area contributed by atoms with Crippen LogP contribution < -0.4 is 5.73 Å². The van der Waals surface area contributed by atoms with Crippen LogP contribution in [0.2, 0.25) is 0 Å². The molecule has 11 heavy (non-hydrogen) atoms. The van der Waals surface area contributed by atoms with Gasteiger partial charge in [-0.15, -0.1) is 0 Å². The molecule has 1 saturated heterocycles. The summed E-state index contributed by atoms with van der Waals surface area (Å²) < 4.78 is 11.6. The van der Waals surface area contributed by atoms with Crippen molar-refractivity contribution < 1.29 is 9.18 Å². The molecule has 0 saturated carbocycles. The second kappa shape index (κ2) is 3.32. The molecule has 1 heterocycles. The molecule has 1 rings (SSSR count). The number of halogens is 1. The fourth-order valence-electron chi connectivity index (χ4n) is 0.799. The molecule has 0 aromatic heterocycles. The first-order valence-corrected chi connectivity index (χ1v) is 3.42. The lowest BCUT2D eigenvalue weighted by Gasteiger charge is -2.29. The average Bonchev–Trinajstić information content (AvgIpc) is 1.98. The maximum Gasteiger partial charge on any atom is 0.231 e. The van der Waals surface area contributed by atoms with E-state index in [1.807, 2.05) is 0 Å². The van der Waals surface area contributed by atoms with Gasteiger partial charge in [0, 0.05) is 13.0 Å². The summed E-state index contributed by atoms with van der Waals surface area (Å²) >= 11 is 0. The Balaban J connectivity index is 2.40. The van der Waals surface area contributed by atoms with E-state index in [-0.39, 0.29) is 18.4 Å². The largest absolute Gasteiger partial charge is 0.369 e. The number of guanidine groups is 1. The van der Waals surface area contributed by atoms with Crippen LogP contribution in [0.15, 0.2) is 4.99 Å². The molecule has 1 fully saturated rings. The number of nitrogens with zero attached hydrogens (tertiary/aromatic N) is 2. The summed E-state index contributed by atoms with van der Waals surface area (Å²) in [5, 5.41) is 0. The van der Waals surface area contributed by atoms with Crippen molar-refractivity contribution in [3.63, 3.8) is 0 Å². The van der Waals surface area contributed by atoms with E-state index in [1.165, 1.54) is 4.90 Å². The first-order valence-electron chi connectivity index (χ1n) is 3.42. The van der Waals surface area contributed by atoms with Crippen molar-refractivity contribution in [2.45, 2.75) is 6.42 Å². The normalized spacial score (nSPS) is 18.5. The van der Waals surface area contributed by atoms with Gasteiger partial charge in [-0.25, -0.2) is 4.39 Å². The third kappa shape index (κ3) is 1.66. The summed E-state index contributed by atoms with van der Waals surface area (Å²) in [6.45, 7) is 0.110. The molecule has 0 aromatic carbocycles. The fourth-order valence-corrected chi connectivity index (χ4v) is 0.799. The maximum atomic E-state index is 11.6. The number of likely N-dealkylation sites (tertiary alicyclic amines) is 1. The summed E-state index contributed by atoms with van der Waals surface area (Å²) in [6, 6.07) is 0. The van der Waals surface area contributed by atoms with Gasteiger partial charge in [0.2, 0.25) is 5.91 Å². The second-order valence-corrected chi connectivity index (χ2v) is 2.22. The average molecular weight is 159 g/mol. The number of hydrogen-bond donors (Lipinski definition) is 1. The standard InChI is InChI=1S/C6H10FN3O/c7-2-3-9-6(8)10-4-1-5(10)11/h1-4H2,(H2,8,9). The van der Waals surface area contributed by atoms with Crippen LogP contribution in [0.4, 0.5) is 4.39 Å². The minimum Gasteiger partial charge on any atom is -0.369 e. The molecular weight excluding hydrogens is 149 g/mol. The molecule has 0 unspecified atom stereocenters. The van der Waals surface area contributed by atoms with Gasteiger partial charge < -0.3 is 5.73 Å².